The van der Waals surface area contributed by atoms with E-state index in [1.807, 2.05) is 0 Å². The van der Waals surface area contributed by atoms with Crippen LogP contribution < -0.4 is 0 Å². The summed E-state index contributed by atoms with van der Waals surface area (Å²) in [6.07, 6.45) is 4.03. The lowest BCUT2D eigenvalue weighted by molar-refractivity contribution is -0.148. The van der Waals surface area contributed by atoms with Gasteiger partial charge in [0, 0.05) is 28.7 Å². The number of hydrogen-bond donors (Lipinski definition) is 1. The van der Waals surface area contributed by atoms with Gasteiger partial charge in [0.05, 0.1) is 6.54 Å². The fraction of sp³-hybridized carbons (Fsp3) is 0.308. The number of aliphatic carboxylic acids is 1. The molecule has 0 radical (unpaired) electrons. The number of carboxylic acid groups (broad SMARTS) is 1. The molecule has 2 heterocycles. The topological polar surface area (TPSA) is 74.7 Å². The van der Waals surface area contributed by atoms with Gasteiger partial charge in [-0.3, -0.25) is 14.5 Å². The highest BCUT2D eigenvalue weighted by Crippen LogP contribution is 2.22. The minimum Gasteiger partial charge on any atom is -0.478 e. The molecule has 0 unspecified atom stereocenters. The molecule has 2 amide bonds. The van der Waals surface area contributed by atoms with Gasteiger partial charge in [-0.1, -0.05) is 0 Å². The number of carboxylic acids is 1. The van der Waals surface area contributed by atoms with E-state index < -0.39 is 5.97 Å². The van der Waals surface area contributed by atoms with Crippen molar-refractivity contribution in [2.24, 2.45) is 0 Å². The highest BCUT2D eigenvalue weighted by Gasteiger charge is 2.26. The standard InChI is InChI=1S/C13H13NO4S/c15-11-2-1-3-12(16)14(11)8-10-5-4-9(19-10)6-7-13(17)18/h4-7H,1-3,8H2,(H,17,18). The van der Waals surface area contributed by atoms with Crippen LogP contribution in [0.25, 0.3) is 6.08 Å². The summed E-state index contributed by atoms with van der Waals surface area (Å²) < 4.78 is 0. The predicted octanol–water partition coefficient (Wildman–Crippen LogP) is 1.89. The number of imide groups is 1. The van der Waals surface area contributed by atoms with Gasteiger partial charge in [0.15, 0.2) is 0 Å². The van der Waals surface area contributed by atoms with Crippen LogP contribution in [0.15, 0.2) is 18.2 Å². The molecule has 0 aliphatic carbocycles. The second-order valence-corrected chi connectivity index (χ2v) is 5.40. The second-order valence-electron chi connectivity index (χ2n) is 4.20. The normalized spacial score (nSPS) is 16.3. The fourth-order valence-corrected chi connectivity index (χ4v) is 2.76. The molecule has 1 N–H and O–H groups in total. The Morgan fingerprint density at radius 1 is 1.32 bits per heavy atom. The fourth-order valence-electron chi connectivity index (χ4n) is 1.85. The van der Waals surface area contributed by atoms with Crippen molar-refractivity contribution in [2.75, 3.05) is 0 Å². The van der Waals surface area contributed by atoms with Crippen molar-refractivity contribution in [3.8, 4) is 0 Å². The minimum absolute atomic E-state index is 0.132. The summed E-state index contributed by atoms with van der Waals surface area (Å²) >= 11 is 1.38. The second kappa shape index (κ2) is 5.79. The van der Waals surface area contributed by atoms with Crippen molar-refractivity contribution in [1.82, 2.24) is 4.90 Å². The SMILES string of the molecule is O=C(O)C=Cc1ccc(CN2C(=O)CCCC2=O)s1. The van der Waals surface area contributed by atoms with Crippen molar-refractivity contribution in [3.05, 3.63) is 28.0 Å². The molecule has 1 aliphatic heterocycles. The molecule has 1 aromatic heterocycles. The first-order valence-electron chi connectivity index (χ1n) is 5.89. The van der Waals surface area contributed by atoms with E-state index in [9.17, 15) is 14.4 Å². The van der Waals surface area contributed by atoms with Gasteiger partial charge in [0.2, 0.25) is 11.8 Å². The third kappa shape index (κ3) is 3.51. The van der Waals surface area contributed by atoms with Crippen molar-refractivity contribution in [1.29, 1.82) is 0 Å². The molecule has 0 bridgehead atoms. The average molecular weight is 279 g/mol. The molecular weight excluding hydrogens is 266 g/mol. The first-order chi connectivity index (χ1) is 9.06. The Bertz CT molecular complexity index is 531. The molecule has 0 spiro atoms. The van der Waals surface area contributed by atoms with Crippen LogP contribution in [0, 0.1) is 0 Å². The Kier molecular flexibility index (Phi) is 4.11. The van der Waals surface area contributed by atoms with E-state index in [-0.39, 0.29) is 18.4 Å². The van der Waals surface area contributed by atoms with E-state index in [4.69, 9.17) is 5.11 Å². The smallest absolute Gasteiger partial charge is 0.328 e. The first-order valence-corrected chi connectivity index (χ1v) is 6.71. The third-order valence-corrected chi connectivity index (χ3v) is 3.81. The zero-order valence-corrected chi connectivity index (χ0v) is 11.0. The van der Waals surface area contributed by atoms with E-state index in [1.165, 1.54) is 22.3 Å². The van der Waals surface area contributed by atoms with Crippen LogP contribution in [-0.2, 0) is 20.9 Å². The molecule has 1 aromatic rings. The highest BCUT2D eigenvalue weighted by molar-refractivity contribution is 7.12. The van der Waals surface area contributed by atoms with Gasteiger partial charge < -0.3 is 5.11 Å². The highest BCUT2D eigenvalue weighted by atomic mass is 32.1. The zero-order chi connectivity index (χ0) is 13.8. The summed E-state index contributed by atoms with van der Waals surface area (Å²) in [5.41, 5.74) is 0. The number of amides is 2. The van der Waals surface area contributed by atoms with Gasteiger partial charge in [-0.2, -0.15) is 0 Å². The summed E-state index contributed by atoms with van der Waals surface area (Å²) in [4.78, 5) is 36.6. The van der Waals surface area contributed by atoms with Gasteiger partial charge in [0.1, 0.15) is 0 Å². The number of carbonyl (C=O) groups excluding carboxylic acids is 2. The van der Waals surface area contributed by atoms with Crippen LogP contribution in [0.4, 0.5) is 0 Å². The summed E-state index contributed by atoms with van der Waals surface area (Å²) in [7, 11) is 0. The van der Waals surface area contributed by atoms with Crippen LogP contribution in [0.1, 0.15) is 29.0 Å². The number of carbonyl (C=O) groups is 3. The maximum Gasteiger partial charge on any atom is 0.328 e. The van der Waals surface area contributed by atoms with Crippen LogP contribution in [-0.4, -0.2) is 27.8 Å². The molecule has 2 rings (SSSR count). The molecule has 0 atom stereocenters. The van der Waals surface area contributed by atoms with E-state index in [0.29, 0.717) is 19.3 Å². The molecule has 6 heteroatoms. The molecule has 19 heavy (non-hydrogen) atoms. The van der Waals surface area contributed by atoms with Crippen LogP contribution in [0.2, 0.25) is 0 Å². The Hall–Kier alpha value is -1.95. The van der Waals surface area contributed by atoms with E-state index >= 15 is 0 Å². The van der Waals surface area contributed by atoms with Gasteiger partial charge in [-0.15, -0.1) is 11.3 Å². The largest absolute Gasteiger partial charge is 0.478 e. The monoisotopic (exact) mass is 279 g/mol. The average Bonchev–Trinajstić information content (AvgIpc) is 2.79. The molecule has 5 nitrogen and oxygen atoms in total. The Labute approximate surface area is 114 Å². The van der Waals surface area contributed by atoms with Crippen molar-refractivity contribution in [2.45, 2.75) is 25.8 Å². The van der Waals surface area contributed by atoms with Crippen molar-refractivity contribution in [3.63, 3.8) is 0 Å². The number of thiophene rings is 1. The number of nitrogens with zero attached hydrogens (tertiary/aromatic N) is 1. The lowest BCUT2D eigenvalue weighted by Crippen LogP contribution is -2.39. The molecular formula is C13H13NO4S. The number of likely N-dealkylation sites (tertiary alicyclic amines) is 1. The third-order valence-electron chi connectivity index (χ3n) is 2.77. The molecule has 1 aliphatic rings. The zero-order valence-electron chi connectivity index (χ0n) is 10.2. The Morgan fingerprint density at radius 3 is 2.63 bits per heavy atom. The number of piperidine rings is 1. The van der Waals surface area contributed by atoms with E-state index in [1.54, 1.807) is 12.1 Å². The van der Waals surface area contributed by atoms with Crippen LogP contribution in [0.3, 0.4) is 0 Å². The summed E-state index contributed by atoms with van der Waals surface area (Å²) in [6.45, 7) is 0.281. The summed E-state index contributed by atoms with van der Waals surface area (Å²) in [5, 5.41) is 8.53. The maximum atomic E-state index is 11.6. The van der Waals surface area contributed by atoms with E-state index in [2.05, 4.69) is 0 Å². The summed E-state index contributed by atoms with van der Waals surface area (Å²) in [5.74, 6) is -1.27. The van der Waals surface area contributed by atoms with Gasteiger partial charge >= 0.3 is 5.97 Å². The Morgan fingerprint density at radius 2 is 2.00 bits per heavy atom. The van der Waals surface area contributed by atoms with E-state index in [0.717, 1.165) is 15.8 Å². The lowest BCUT2D eigenvalue weighted by Gasteiger charge is -2.24. The first kappa shape index (κ1) is 13.5. The Balaban J connectivity index is 2.05. The number of rotatable bonds is 4. The molecule has 1 fully saturated rings. The quantitative estimate of drug-likeness (QED) is 0.674. The van der Waals surface area contributed by atoms with Gasteiger partial charge in [-0.25, -0.2) is 4.79 Å². The molecule has 0 saturated carbocycles. The van der Waals surface area contributed by atoms with Crippen molar-refractivity contribution >= 4 is 35.2 Å². The van der Waals surface area contributed by atoms with Crippen molar-refractivity contribution < 1.29 is 19.5 Å². The number of hydrogen-bond acceptors (Lipinski definition) is 4. The maximum absolute atomic E-state index is 11.6. The van der Waals surface area contributed by atoms with Crippen LogP contribution in [0.5, 0.6) is 0 Å². The lowest BCUT2D eigenvalue weighted by atomic mass is 10.1. The molecule has 1 saturated heterocycles. The van der Waals surface area contributed by atoms with Crippen LogP contribution >= 0.6 is 11.3 Å². The predicted molar refractivity (Wildman–Crippen MR) is 70.4 cm³/mol. The summed E-state index contributed by atoms with van der Waals surface area (Å²) in [6, 6.07) is 3.58. The molecule has 0 aromatic carbocycles. The minimum atomic E-state index is -1.00. The molecule has 100 valence electrons. The van der Waals surface area contributed by atoms with Gasteiger partial charge in [-0.05, 0) is 24.6 Å². The van der Waals surface area contributed by atoms with Gasteiger partial charge in [0.25, 0.3) is 0 Å².